The zero-order valence-electron chi connectivity index (χ0n) is 7.98. The Labute approximate surface area is 81.3 Å². The molecule has 0 saturated carbocycles. The lowest BCUT2D eigenvalue weighted by atomic mass is 10.1. The molecule has 0 fully saturated rings. The monoisotopic (exact) mass is 186 g/mol. The summed E-state index contributed by atoms with van der Waals surface area (Å²) in [5, 5.41) is 0.129. The van der Waals surface area contributed by atoms with Crippen molar-refractivity contribution in [2.75, 3.05) is 0 Å². The number of unbranched alkanes of at least 4 members (excludes halogenated alkanes) is 3. The van der Waals surface area contributed by atoms with E-state index in [1.54, 1.807) is 0 Å². The third-order valence-corrected chi connectivity index (χ3v) is 2.28. The van der Waals surface area contributed by atoms with E-state index in [1.807, 2.05) is 13.0 Å². The second-order valence-corrected chi connectivity index (χ2v) is 3.82. The van der Waals surface area contributed by atoms with Crippen molar-refractivity contribution in [1.29, 1.82) is 0 Å². The van der Waals surface area contributed by atoms with Crippen molar-refractivity contribution in [1.82, 2.24) is 0 Å². The van der Waals surface area contributed by atoms with E-state index in [1.165, 1.54) is 19.3 Å². The Morgan fingerprint density at radius 3 is 2.58 bits per heavy atom. The zero-order valence-corrected chi connectivity index (χ0v) is 8.74. The number of hydrogen-bond acceptors (Lipinski definition) is 0. The fourth-order valence-corrected chi connectivity index (χ4v) is 1.13. The van der Waals surface area contributed by atoms with Crippen LogP contribution in [-0.2, 0) is 0 Å². The maximum absolute atomic E-state index is 5.85. The molecular weight excluding hydrogens is 168 g/mol. The standard InChI is InChI=1S/C11H19Cl/c1-4-5-6-7-8-9-10(2)11(3)12/h4,11H,1-2,5-9H2,3H3. The average Bonchev–Trinajstić information content (AvgIpc) is 2.03. The lowest BCUT2D eigenvalue weighted by Crippen LogP contribution is -1.95. The van der Waals surface area contributed by atoms with E-state index in [9.17, 15) is 0 Å². The molecule has 0 nitrogen and oxygen atoms in total. The summed E-state index contributed by atoms with van der Waals surface area (Å²) in [7, 11) is 0. The first-order valence-corrected chi connectivity index (χ1v) is 5.04. The van der Waals surface area contributed by atoms with Gasteiger partial charge in [0, 0.05) is 0 Å². The summed E-state index contributed by atoms with van der Waals surface area (Å²) >= 11 is 5.85. The summed E-state index contributed by atoms with van der Waals surface area (Å²) in [5.74, 6) is 0. The maximum Gasteiger partial charge on any atom is 0.0514 e. The van der Waals surface area contributed by atoms with Gasteiger partial charge in [0.05, 0.1) is 5.38 Å². The summed E-state index contributed by atoms with van der Waals surface area (Å²) < 4.78 is 0. The van der Waals surface area contributed by atoms with Gasteiger partial charge in [-0.25, -0.2) is 0 Å². The van der Waals surface area contributed by atoms with Gasteiger partial charge in [-0.1, -0.05) is 24.6 Å². The van der Waals surface area contributed by atoms with Gasteiger partial charge in [-0.2, -0.15) is 0 Å². The number of rotatable bonds is 7. The first-order chi connectivity index (χ1) is 5.68. The second-order valence-electron chi connectivity index (χ2n) is 3.16. The smallest absolute Gasteiger partial charge is 0.0514 e. The van der Waals surface area contributed by atoms with Crippen molar-refractivity contribution >= 4 is 11.6 Å². The quantitative estimate of drug-likeness (QED) is 0.316. The van der Waals surface area contributed by atoms with Crippen LogP contribution in [0.5, 0.6) is 0 Å². The van der Waals surface area contributed by atoms with Gasteiger partial charge in [-0.15, -0.1) is 18.2 Å². The Kier molecular flexibility index (Phi) is 7.28. The predicted molar refractivity (Wildman–Crippen MR) is 57.7 cm³/mol. The fraction of sp³-hybridized carbons (Fsp3) is 0.636. The third-order valence-electron chi connectivity index (χ3n) is 1.97. The van der Waals surface area contributed by atoms with Crippen LogP contribution >= 0.6 is 11.6 Å². The van der Waals surface area contributed by atoms with Gasteiger partial charge >= 0.3 is 0 Å². The molecule has 0 radical (unpaired) electrons. The van der Waals surface area contributed by atoms with Crippen molar-refractivity contribution in [2.45, 2.75) is 44.4 Å². The Morgan fingerprint density at radius 1 is 1.42 bits per heavy atom. The molecule has 0 aliphatic rings. The molecule has 1 unspecified atom stereocenters. The molecule has 0 spiro atoms. The van der Waals surface area contributed by atoms with Crippen molar-refractivity contribution < 1.29 is 0 Å². The molecule has 0 aromatic heterocycles. The molecule has 0 heterocycles. The van der Waals surface area contributed by atoms with Crippen LogP contribution in [0.15, 0.2) is 24.8 Å². The fourth-order valence-electron chi connectivity index (χ4n) is 1.02. The van der Waals surface area contributed by atoms with Crippen LogP contribution in [-0.4, -0.2) is 5.38 Å². The molecule has 0 bridgehead atoms. The minimum atomic E-state index is 0.129. The third kappa shape index (κ3) is 6.48. The van der Waals surface area contributed by atoms with E-state index in [-0.39, 0.29) is 5.38 Å². The highest BCUT2D eigenvalue weighted by Crippen LogP contribution is 2.15. The molecule has 0 saturated heterocycles. The van der Waals surface area contributed by atoms with Crippen molar-refractivity contribution in [3.63, 3.8) is 0 Å². The largest absolute Gasteiger partial charge is 0.119 e. The highest BCUT2D eigenvalue weighted by molar-refractivity contribution is 6.22. The first kappa shape index (κ1) is 11.8. The number of allylic oxidation sites excluding steroid dienone is 2. The lowest BCUT2D eigenvalue weighted by Gasteiger charge is -2.06. The Morgan fingerprint density at radius 2 is 2.08 bits per heavy atom. The predicted octanol–water partition coefficient (Wildman–Crippen LogP) is 4.31. The van der Waals surface area contributed by atoms with Crippen LogP contribution < -0.4 is 0 Å². The molecule has 0 rings (SSSR count). The van der Waals surface area contributed by atoms with Crippen molar-refractivity contribution in [2.24, 2.45) is 0 Å². The summed E-state index contributed by atoms with van der Waals surface area (Å²) in [6.45, 7) is 9.58. The van der Waals surface area contributed by atoms with Crippen LogP contribution in [0.25, 0.3) is 0 Å². The van der Waals surface area contributed by atoms with Crippen molar-refractivity contribution in [3.05, 3.63) is 24.8 Å². The van der Waals surface area contributed by atoms with Gasteiger partial charge < -0.3 is 0 Å². The van der Waals surface area contributed by atoms with Gasteiger partial charge in [0.15, 0.2) is 0 Å². The molecule has 1 atom stereocenters. The molecule has 1 heteroatoms. The van der Waals surface area contributed by atoms with Crippen LogP contribution in [0.3, 0.4) is 0 Å². The van der Waals surface area contributed by atoms with E-state index in [0.717, 1.165) is 18.4 Å². The van der Waals surface area contributed by atoms with Crippen LogP contribution in [0.2, 0.25) is 0 Å². The molecule has 0 amide bonds. The van der Waals surface area contributed by atoms with E-state index >= 15 is 0 Å². The van der Waals surface area contributed by atoms with E-state index in [0.29, 0.717) is 0 Å². The molecular formula is C11H19Cl. The van der Waals surface area contributed by atoms with Crippen molar-refractivity contribution in [3.8, 4) is 0 Å². The van der Waals surface area contributed by atoms with E-state index in [4.69, 9.17) is 11.6 Å². The SMILES string of the molecule is C=CCCCCCC(=C)C(C)Cl. The number of alkyl halides is 1. The highest BCUT2D eigenvalue weighted by Gasteiger charge is 2.00. The zero-order chi connectivity index (χ0) is 9.40. The highest BCUT2D eigenvalue weighted by atomic mass is 35.5. The molecule has 0 aromatic carbocycles. The Bertz CT molecular complexity index is 136. The maximum atomic E-state index is 5.85. The van der Waals surface area contributed by atoms with E-state index in [2.05, 4.69) is 13.2 Å². The van der Waals surface area contributed by atoms with Crippen LogP contribution in [0, 0.1) is 0 Å². The molecule has 0 aliphatic heterocycles. The van der Waals surface area contributed by atoms with E-state index < -0.39 is 0 Å². The van der Waals surface area contributed by atoms with Gasteiger partial charge in [0.1, 0.15) is 0 Å². The topological polar surface area (TPSA) is 0 Å². The summed E-state index contributed by atoms with van der Waals surface area (Å²) in [5.41, 5.74) is 1.16. The number of hydrogen-bond donors (Lipinski definition) is 0. The summed E-state index contributed by atoms with van der Waals surface area (Å²) in [4.78, 5) is 0. The minimum absolute atomic E-state index is 0.129. The molecule has 12 heavy (non-hydrogen) atoms. The van der Waals surface area contributed by atoms with Crippen LogP contribution in [0.4, 0.5) is 0 Å². The summed E-state index contributed by atoms with van der Waals surface area (Å²) in [6.07, 6.45) is 7.88. The van der Waals surface area contributed by atoms with Gasteiger partial charge in [0.2, 0.25) is 0 Å². The molecule has 70 valence electrons. The Hall–Kier alpha value is -0.230. The average molecular weight is 187 g/mol. The van der Waals surface area contributed by atoms with Gasteiger partial charge in [-0.3, -0.25) is 0 Å². The van der Waals surface area contributed by atoms with Crippen LogP contribution in [0.1, 0.15) is 39.0 Å². The molecule has 0 N–H and O–H groups in total. The first-order valence-electron chi connectivity index (χ1n) is 4.61. The van der Waals surface area contributed by atoms with Gasteiger partial charge in [-0.05, 0) is 32.6 Å². The Balaban J connectivity index is 3.19. The molecule has 0 aliphatic carbocycles. The second kappa shape index (κ2) is 7.42. The summed E-state index contributed by atoms with van der Waals surface area (Å²) in [6, 6.07) is 0. The van der Waals surface area contributed by atoms with Gasteiger partial charge in [0.25, 0.3) is 0 Å². The normalized spacial score (nSPS) is 12.5. The molecule has 0 aromatic rings. The minimum Gasteiger partial charge on any atom is -0.119 e. The lowest BCUT2D eigenvalue weighted by molar-refractivity contribution is 0.678. The number of halogens is 1.